The Balaban J connectivity index is 2.49. The maximum absolute atomic E-state index is 3.63. The molecule has 0 saturated heterocycles. The summed E-state index contributed by atoms with van der Waals surface area (Å²) < 4.78 is 0. The molecule has 0 amide bonds. The molecule has 0 radical (unpaired) electrons. The Bertz CT molecular complexity index is 643. The molecule has 124 valence electrons. The van der Waals surface area contributed by atoms with Crippen molar-refractivity contribution in [2.24, 2.45) is 0 Å². The summed E-state index contributed by atoms with van der Waals surface area (Å²) in [5.74, 6) is 0. The Kier molecular flexibility index (Phi) is 5.15. The number of anilines is 2. The maximum atomic E-state index is 3.63. The van der Waals surface area contributed by atoms with Gasteiger partial charge in [-0.1, -0.05) is 59.7 Å². The number of rotatable bonds is 3. The van der Waals surface area contributed by atoms with E-state index in [2.05, 4.69) is 95.6 Å². The third kappa shape index (κ3) is 4.54. The van der Waals surface area contributed by atoms with E-state index < -0.39 is 0 Å². The van der Waals surface area contributed by atoms with Crippen LogP contribution in [0.5, 0.6) is 0 Å². The van der Waals surface area contributed by atoms with E-state index in [1.807, 2.05) is 0 Å². The minimum atomic E-state index is 0.136. The van der Waals surface area contributed by atoms with Crippen molar-refractivity contribution in [1.29, 1.82) is 0 Å². The first-order valence-electron chi connectivity index (χ1n) is 8.17. The molecule has 0 spiro atoms. The molecule has 0 aliphatic rings. The molecule has 2 heteroatoms. The van der Waals surface area contributed by atoms with Crippen LogP contribution in [0.25, 0.3) is 0 Å². The summed E-state index contributed by atoms with van der Waals surface area (Å²) in [5.41, 5.74) is 5.35. The fourth-order valence-electron chi connectivity index (χ4n) is 2.47. The average Bonchev–Trinajstić information content (AvgIpc) is 2.45. The van der Waals surface area contributed by atoms with E-state index >= 15 is 0 Å². The molecule has 2 rings (SSSR count). The number of benzene rings is 2. The SMILES string of the molecule is CSc1ccccc1Nc1cc(C(C)(C)C)cc(C(C)(C)C)c1. The molecule has 0 fully saturated rings. The van der Waals surface area contributed by atoms with Crippen LogP contribution in [-0.4, -0.2) is 6.26 Å². The van der Waals surface area contributed by atoms with Crippen LogP contribution >= 0.6 is 11.8 Å². The van der Waals surface area contributed by atoms with Gasteiger partial charge in [-0.25, -0.2) is 0 Å². The molecule has 2 aromatic rings. The van der Waals surface area contributed by atoms with Crippen molar-refractivity contribution in [3.8, 4) is 0 Å². The maximum Gasteiger partial charge on any atom is 0.0522 e. The molecule has 0 aliphatic heterocycles. The summed E-state index contributed by atoms with van der Waals surface area (Å²) >= 11 is 1.77. The molecule has 0 saturated carbocycles. The fraction of sp³-hybridized carbons (Fsp3) is 0.429. The van der Waals surface area contributed by atoms with E-state index in [1.54, 1.807) is 11.8 Å². The lowest BCUT2D eigenvalue weighted by molar-refractivity contribution is 0.569. The molecule has 2 aromatic carbocycles. The van der Waals surface area contributed by atoms with Gasteiger partial charge in [0.2, 0.25) is 0 Å². The van der Waals surface area contributed by atoms with Gasteiger partial charge in [-0.3, -0.25) is 0 Å². The summed E-state index contributed by atoms with van der Waals surface area (Å²) in [7, 11) is 0. The summed E-state index contributed by atoms with van der Waals surface area (Å²) in [6, 6.07) is 15.4. The third-order valence-electron chi connectivity index (χ3n) is 4.05. The summed E-state index contributed by atoms with van der Waals surface area (Å²) in [5, 5.41) is 3.63. The van der Waals surface area contributed by atoms with Gasteiger partial charge >= 0.3 is 0 Å². The molecule has 0 heterocycles. The molecule has 0 aliphatic carbocycles. The molecule has 0 bridgehead atoms. The number of hydrogen-bond acceptors (Lipinski definition) is 2. The quantitative estimate of drug-likeness (QED) is 0.626. The zero-order chi connectivity index (χ0) is 17.3. The highest BCUT2D eigenvalue weighted by Crippen LogP contribution is 2.34. The zero-order valence-electron chi connectivity index (χ0n) is 15.4. The van der Waals surface area contributed by atoms with Gasteiger partial charge in [0, 0.05) is 10.6 Å². The van der Waals surface area contributed by atoms with Gasteiger partial charge in [0.1, 0.15) is 0 Å². The van der Waals surface area contributed by atoms with E-state index in [0.717, 1.165) is 0 Å². The van der Waals surface area contributed by atoms with E-state index in [0.29, 0.717) is 0 Å². The molecule has 23 heavy (non-hydrogen) atoms. The monoisotopic (exact) mass is 327 g/mol. The van der Waals surface area contributed by atoms with Crippen molar-refractivity contribution in [3.05, 3.63) is 53.6 Å². The van der Waals surface area contributed by atoms with Gasteiger partial charge < -0.3 is 5.32 Å². The van der Waals surface area contributed by atoms with Crippen LogP contribution in [0.1, 0.15) is 52.7 Å². The van der Waals surface area contributed by atoms with Crippen molar-refractivity contribution in [1.82, 2.24) is 0 Å². The Labute approximate surface area is 145 Å². The second-order valence-electron chi connectivity index (χ2n) is 8.12. The first-order valence-corrected chi connectivity index (χ1v) is 9.40. The lowest BCUT2D eigenvalue weighted by Gasteiger charge is -2.26. The van der Waals surface area contributed by atoms with Gasteiger partial charge in [-0.15, -0.1) is 11.8 Å². The summed E-state index contributed by atoms with van der Waals surface area (Å²) in [4.78, 5) is 1.27. The normalized spacial score (nSPS) is 12.3. The number of para-hydroxylation sites is 1. The molecule has 1 nitrogen and oxygen atoms in total. The van der Waals surface area contributed by atoms with Gasteiger partial charge in [0.05, 0.1) is 5.69 Å². The average molecular weight is 328 g/mol. The van der Waals surface area contributed by atoms with Crippen LogP contribution in [0.4, 0.5) is 11.4 Å². The predicted octanol–water partition coefficient (Wildman–Crippen LogP) is 6.75. The van der Waals surface area contributed by atoms with E-state index in [1.165, 1.54) is 27.4 Å². The Morgan fingerprint density at radius 3 is 1.78 bits per heavy atom. The fourth-order valence-corrected chi connectivity index (χ4v) is 3.02. The van der Waals surface area contributed by atoms with E-state index in [4.69, 9.17) is 0 Å². The first kappa shape index (κ1) is 17.9. The smallest absolute Gasteiger partial charge is 0.0522 e. The van der Waals surface area contributed by atoms with Crippen LogP contribution in [0.15, 0.2) is 47.4 Å². The van der Waals surface area contributed by atoms with Crippen molar-refractivity contribution >= 4 is 23.1 Å². The second kappa shape index (κ2) is 6.60. The number of nitrogens with one attached hydrogen (secondary N) is 1. The molecular weight excluding hydrogens is 298 g/mol. The van der Waals surface area contributed by atoms with Crippen LogP contribution in [-0.2, 0) is 10.8 Å². The minimum absolute atomic E-state index is 0.136. The topological polar surface area (TPSA) is 12.0 Å². The van der Waals surface area contributed by atoms with Gasteiger partial charge in [-0.05, 0) is 52.5 Å². The minimum Gasteiger partial charge on any atom is -0.355 e. The Morgan fingerprint density at radius 2 is 1.30 bits per heavy atom. The summed E-state index contributed by atoms with van der Waals surface area (Å²) in [6.45, 7) is 13.6. The third-order valence-corrected chi connectivity index (χ3v) is 4.85. The highest BCUT2D eigenvalue weighted by Gasteiger charge is 2.20. The Hall–Kier alpha value is -1.41. The lowest BCUT2D eigenvalue weighted by atomic mass is 9.80. The van der Waals surface area contributed by atoms with E-state index in [-0.39, 0.29) is 10.8 Å². The van der Waals surface area contributed by atoms with Crippen LogP contribution in [0.3, 0.4) is 0 Å². The van der Waals surface area contributed by atoms with Crippen molar-refractivity contribution in [2.75, 3.05) is 11.6 Å². The van der Waals surface area contributed by atoms with Crippen LogP contribution < -0.4 is 5.32 Å². The zero-order valence-corrected chi connectivity index (χ0v) is 16.3. The molecule has 0 aromatic heterocycles. The molecular formula is C21H29NS. The second-order valence-corrected chi connectivity index (χ2v) is 8.97. The van der Waals surface area contributed by atoms with Crippen LogP contribution in [0, 0.1) is 0 Å². The van der Waals surface area contributed by atoms with Crippen molar-refractivity contribution in [2.45, 2.75) is 57.3 Å². The first-order chi connectivity index (χ1) is 10.6. The molecule has 1 N–H and O–H groups in total. The lowest BCUT2D eigenvalue weighted by Crippen LogP contribution is -2.16. The Morgan fingerprint density at radius 1 is 0.783 bits per heavy atom. The van der Waals surface area contributed by atoms with Gasteiger partial charge in [-0.2, -0.15) is 0 Å². The standard InChI is InChI=1S/C21H29NS/c1-20(2,3)15-12-16(21(4,5)6)14-17(13-15)22-18-10-8-9-11-19(18)23-7/h8-14,22H,1-7H3. The van der Waals surface area contributed by atoms with Gasteiger partial charge in [0.25, 0.3) is 0 Å². The van der Waals surface area contributed by atoms with Gasteiger partial charge in [0.15, 0.2) is 0 Å². The van der Waals surface area contributed by atoms with Crippen LogP contribution in [0.2, 0.25) is 0 Å². The molecule has 0 unspecified atom stereocenters. The predicted molar refractivity (Wildman–Crippen MR) is 105 cm³/mol. The molecule has 0 atom stereocenters. The van der Waals surface area contributed by atoms with E-state index in [9.17, 15) is 0 Å². The number of thioether (sulfide) groups is 1. The summed E-state index contributed by atoms with van der Waals surface area (Å²) in [6.07, 6.45) is 2.12. The largest absolute Gasteiger partial charge is 0.355 e. The number of hydrogen-bond donors (Lipinski definition) is 1. The highest BCUT2D eigenvalue weighted by molar-refractivity contribution is 7.98. The van der Waals surface area contributed by atoms with Crippen molar-refractivity contribution in [3.63, 3.8) is 0 Å². The van der Waals surface area contributed by atoms with Crippen molar-refractivity contribution < 1.29 is 0 Å². The highest BCUT2D eigenvalue weighted by atomic mass is 32.2.